The summed E-state index contributed by atoms with van der Waals surface area (Å²) in [5.74, 6) is -0.701. The van der Waals surface area contributed by atoms with Crippen molar-refractivity contribution in [3.8, 4) is 6.07 Å². The Labute approximate surface area is 123 Å². The van der Waals surface area contributed by atoms with Gasteiger partial charge in [-0.1, -0.05) is 11.6 Å². The van der Waals surface area contributed by atoms with Crippen LogP contribution in [0.2, 0.25) is 5.02 Å². The first-order chi connectivity index (χ1) is 9.52. The Morgan fingerprint density at radius 1 is 1.65 bits per heavy atom. The number of hydrogen-bond donors (Lipinski definition) is 2. The number of aromatic carboxylic acids is 1. The molecule has 1 atom stereocenters. The van der Waals surface area contributed by atoms with E-state index in [1.807, 2.05) is 13.0 Å². The van der Waals surface area contributed by atoms with Gasteiger partial charge in [0.1, 0.15) is 21.9 Å². The lowest BCUT2D eigenvalue weighted by atomic mass is 10.2. The molecule has 0 aliphatic carbocycles. The number of carbonyl (C=O) groups is 1. The second-order valence-corrected chi connectivity index (χ2v) is 5.14. The lowest BCUT2D eigenvalue weighted by molar-refractivity contribution is 0.0691. The molecule has 6 nitrogen and oxygen atoms in total. The van der Waals surface area contributed by atoms with Crippen molar-refractivity contribution in [1.29, 1.82) is 5.26 Å². The van der Waals surface area contributed by atoms with Crippen molar-refractivity contribution in [3.63, 3.8) is 0 Å². The smallest absolute Gasteiger partial charge is 0.355 e. The molecule has 1 unspecified atom stereocenters. The third kappa shape index (κ3) is 2.87. The van der Waals surface area contributed by atoms with Crippen LogP contribution in [0.5, 0.6) is 0 Å². The number of anilines is 1. The summed E-state index contributed by atoms with van der Waals surface area (Å²) in [5, 5.41) is 23.0. The normalized spacial score (nSPS) is 11.7. The molecule has 0 radical (unpaired) electrons. The van der Waals surface area contributed by atoms with Gasteiger partial charge in [0, 0.05) is 11.6 Å². The van der Waals surface area contributed by atoms with Crippen molar-refractivity contribution >= 4 is 34.7 Å². The minimum absolute atomic E-state index is 0.00322. The molecular formula is C12H9ClN4O2S. The summed E-state index contributed by atoms with van der Waals surface area (Å²) in [7, 11) is 0. The van der Waals surface area contributed by atoms with Crippen LogP contribution in [-0.2, 0) is 0 Å². The maximum Gasteiger partial charge on any atom is 0.355 e. The average molecular weight is 309 g/mol. The Bertz CT molecular complexity index is 695. The number of halogens is 1. The van der Waals surface area contributed by atoms with Crippen LogP contribution in [0.4, 0.5) is 5.82 Å². The molecule has 0 saturated heterocycles. The molecule has 2 heterocycles. The number of thiazole rings is 1. The van der Waals surface area contributed by atoms with Gasteiger partial charge >= 0.3 is 5.97 Å². The highest BCUT2D eigenvalue weighted by Crippen LogP contribution is 2.27. The number of nitrogens with zero attached hydrogens (tertiary/aromatic N) is 3. The highest BCUT2D eigenvalue weighted by atomic mass is 35.5. The van der Waals surface area contributed by atoms with Gasteiger partial charge in [0.05, 0.1) is 11.6 Å². The van der Waals surface area contributed by atoms with Gasteiger partial charge in [-0.3, -0.25) is 0 Å². The lowest BCUT2D eigenvalue weighted by Gasteiger charge is -2.13. The summed E-state index contributed by atoms with van der Waals surface area (Å²) in [4.78, 5) is 18.8. The molecule has 2 N–H and O–H groups in total. The molecule has 0 saturated carbocycles. The van der Waals surface area contributed by atoms with Crippen molar-refractivity contribution < 1.29 is 9.90 Å². The van der Waals surface area contributed by atoms with Crippen LogP contribution < -0.4 is 5.32 Å². The number of carboxylic acids is 1. The molecule has 0 aliphatic heterocycles. The molecular weight excluding hydrogens is 300 g/mol. The quantitative estimate of drug-likeness (QED) is 0.901. The van der Waals surface area contributed by atoms with Gasteiger partial charge in [0.15, 0.2) is 5.69 Å². The van der Waals surface area contributed by atoms with Crippen molar-refractivity contribution in [1.82, 2.24) is 9.97 Å². The maximum absolute atomic E-state index is 10.8. The summed E-state index contributed by atoms with van der Waals surface area (Å²) >= 11 is 7.27. The van der Waals surface area contributed by atoms with Gasteiger partial charge in [0.2, 0.25) is 0 Å². The van der Waals surface area contributed by atoms with Crippen molar-refractivity contribution in [2.75, 3.05) is 5.32 Å². The maximum atomic E-state index is 10.8. The van der Waals surface area contributed by atoms with Crippen LogP contribution in [0.1, 0.15) is 34.0 Å². The summed E-state index contributed by atoms with van der Waals surface area (Å²) in [5.41, 5.74) is 0.324. The predicted molar refractivity (Wildman–Crippen MR) is 75.1 cm³/mol. The van der Waals surface area contributed by atoms with E-state index in [1.54, 1.807) is 0 Å². The van der Waals surface area contributed by atoms with E-state index in [1.165, 1.54) is 29.0 Å². The molecule has 8 heteroatoms. The zero-order valence-electron chi connectivity index (χ0n) is 10.3. The molecule has 2 aromatic heterocycles. The summed E-state index contributed by atoms with van der Waals surface area (Å²) in [6.45, 7) is 1.81. The van der Waals surface area contributed by atoms with E-state index >= 15 is 0 Å². The topological polar surface area (TPSA) is 98.9 Å². The number of nitrogens with one attached hydrogen (secondary N) is 1. The minimum Gasteiger partial charge on any atom is -0.476 e. The van der Waals surface area contributed by atoms with Gasteiger partial charge in [0.25, 0.3) is 0 Å². The van der Waals surface area contributed by atoms with Crippen molar-refractivity contribution in [3.05, 3.63) is 38.9 Å². The molecule has 102 valence electrons. The van der Waals surface area contributed by atoms with Crippen LogP contribution in [0.15, 0.2) is 17.6 Å². The SMILES string of the molecule is CC(Nc1nccc(C#N)c1Cl)c1nc(C(=O)O)cs1. The number of hydrogen-bond acceptors (Lipinski definition) is 6. The first-order valence-electron chi connectivity index (χ1n) is 5.52. The Morgan fingerprint density at radius 2 is 2.40 bits per heavy atom. The first-order valence-corrected chi connectivity index (χ1v) is 6.78. The third-order valence-corrected chi connectivity index (χ3v) is 3.88. The largest absolute Gasteiger partial charge is 0.476 e. The Kier molecular flexibility index (Phi) is 4.17. The zero-order chi connectivity index (χ0) is 14.7. The van der Waals surface area contributed by atoms with Gasteiger partial charge in [-0.15, -0.1) is 11.3 Å². The van der Waals surface area contributed by atoms with E-state index in [0.717, 1.165) is 0 Å². The highest BCUT2D eigenvalue weighted by molar-refractivity contribution is 7.09. The Balaban J connectivity index is 2.21. The second-order valence-electron chi connectivity index (χ2n) is 3.88. The number of pyridine rings is 1. The van der Waals surface area contributed by atoms with Crippen LogP contribution in [0, 0.1) is 11.3 Å². The summed E-state index contributed by atoms with van der Waals surface area (Å²) in [6.07, 6.45) is 1.48. The molecule has 0 fully saturated rings. The van der Waals surface area contributed by atoms with E-state index in [4.69, 9.17) is 22.0 Å². The van der Waals surface area contributed by atoms with Crippen LogP contribution in [0.3, 0.4) is 0 Å². The molecule has 0 aromatic carbocycles. The summed E-state index contributed by atoms with van der Waals surface area (Å²) in [6, 6.07) is 3.21. The van der Waals surface area contributed by atoms with Crippen LogP contribution >= 0.6 is 22.9 Å². The summed E-state index contributed by atoms with van der Waals surface area (Å²) < 4.78 is 0. The van der Waals surface area contributed by atoms with E-state index in [0.29, 0.717) is 16.4 Å². The molecule has 2 rings (SSSR count). The number of rotatable bonds is 4. The fraction of sp³-hybridized carbons (Fsp3) is 0.167. The fourth-order valence-electron chi connectivity index (χ4n) is 1.48. The minimum atomic E-state index is -1.07. The van der Waals surface area contributed by atoms with E-state index in [9.17, 15) is 4.79 Å². The average Bonchev–Trinajstić information content (AvgIpc) is 2.91. The van der Waals surface area contributed by atoms with Crippen molar-refractivity contribution in [2.45, 2.75) is 13.0 Å². The molecule has 0 amide bonds. The number of carboxylic acid groups (broad SMARTS) is 1. The van der Waals surface area contributed by atoms with Gasteiger partial charge < -0.3 is 10.4 Å². The van der Waals surface area contributed by atoms with E-state index in [-0.39, 0.29) is 16.8 Å². The Hall–Kier alpha value is -2.17. The molecule has 20 heavy (non-hydrogen) atoms. The molecule has 2 aromatic rings. The van der Waals surface area contributed by atoms with E-state index in [2.05, 4.69) is 15.3 Å². The van der Waals surface area contributed by atoms with Crippen LogP contribution in [0.25, 0.3) is 0 Å². The molecule has 0 aliphatic rings. The first kappa shape index (κ1) is 14.2. The highest BCUT2D eigenvalue weighted by Gasteiger charge is 2.16. The molecule has 0 bridgehead atoms. The zero-order valence-corrected chi connectivity index (χ0v) is 11.9. The van der Waals surface area contributed by atoms with Crippen LogP contribution in [-0.4, -0.2) is 21.0 Å². The monoisotopic (exact) mass is 308 g/mol. The van der Waals surface area contributed by atoms with Crippen molar-refractivity contribution in [2.24, 2.45) is 0 Å². The molecule has 0 spiro atoms. The second kappa shape index (κ2) is 5.86. The fourth-order valence-corrected chi connectivity index (χ4v) is 2.49. The third-order valence-electron chi connectivity index (χ3n) is 2.47. The van der Waals surface area contributed by atoms with Gasteiger partial charge in [-0.25, -0.2) is 14.8 Å². The number of aromatic nitrogens is 2. The predicted octanol–water partition coefficient (Wildman–Crippen LogP) is 2.93. The lowest BCUT2D eigenvalue weighted by Crippen LogP contribution is -2.09. The standard InChI is InChI=1S/C12H9ClN4O2S/c1-6(11-17-8(5-20-11)12(18)19)16-10-9(13)7(4-14)2-3-15-10/h2-3,5-6H,1H3,(H,15,16)(H,18,19). The van der Waals surface area contributed by atoms with Gasteiger partial charge in [-0.05, 0) is 13.0 Å². The Morgan fingerprint density at radius 3 is 3.00 bits per heavy atom. The van der Waals surface area contributed by atoms with Gasteiger partial charge in [-0.2, -0.15) is 5.26 Å². The number of nitriles is 1. The van der Waals surface area contributed by atoms with E-state index < -0.39 is 5.97 Å².